The number of aromatic nitrogens is 1. The molecule has 1 aliphatic heterocycles. The standard InChI is InChI=1S/C20H16ClF4N3O3S/c21-15-3-1-13(20(23,24)25)11-18(15)32(30,31)28-7-5-27(6-8-28)19(29)17-10-12-9-14(22)2-4-16(12)26-17/h1-4,9-11,26H,5-8H2. The molecule has 3 aromatic rings. The summed E-state index contributed by atoms with van der Waals surface area (Å²) in [4.78, 5) is 16.5. The molecule has 1 aromatic heterocycles. The highest BCUT2D eigenvalue weighted by Gasteiger charge is 2.36. The number of carbonyl (C=O) groups is 1. The van der Waals surface area contributed by atoms with Gasteiger partial charge < -0.3 is 9.88 Å². The highest BCUT2D eigenvalue weighted by atomic mass is 35.5. The second kappa shape index (κ2) is 8.05. The van der Waals surface area contributed by atoms with Crippen LogP contribution in [-0.2, 0) is 16.2 Å². The van der Waals surface area contributed by atoms with Gasteiger partial charge in [-0.05, 0) is 42.5 Å². The van der Waals surface area contributed by atoms with Crippen LogP contribution in [0, 0.1) is 5.82 Å². The Kier molecular flexibility index (Phi) is 5.68. The lowest BCUT2D eigenvalue weighted by molar-refractivity contribution is -0.137. The number of fused-ring (bicyclic) bond motifs is 1. The van der Waals surface area contributed by atoms with Crippen LogP contribution >= 0.6 is 11.6 Å². The van der Waals surface area contributed by atoms with E-state index in [9.17, 15) is 30.8 Å². The van der Waals surface area contributed by atoms with E-state index < -0.39 is 38.4 Å². The fraction of sp³-hybridized carbons (Fsp3) is 0.250. The summed E-state index contributed by atoms with van der Waals surface area (Å²) >= 11 is 5.89. The third kappa shape index (κ3) is 4.19. The minimum Gasteiger partial charge on any atom is -0.351 e. The van der Waals surface area contributed by atoms with Crippen molar-refractivity contribution in [3.8, 4) is 0 Å². The lowest BCUT2D eigenvalue weighted by Gasteiger charge is -2.34. The summed E-state index contributed by atoms with van der Waals surface area (Å²) in [6, 6.07) is 7.68. The minimum absolute atomic E-state index is 0.0262. The molecule has 1 amide bonds. The summed E-state index contributed by atoms with van der Waals surface area (Å²) in [5.41, 5.74) is -0.317. The van der Waals surface area contributed by atoms with Gasteiger partial charge in [0.15, 0.2) is 0 Å². The fourth-order valence-corrected chi connectivity index (χ4v) is 5.46. The number of aromatic amines is 1. The van der Waals surface area contributed by atoms with Crippen molar-refractivity contribution >= 4 is 38.4 Å². The molecule has 0 aliphatic carbocycles. The average molecular weight is 490 g/mol. The second-order valence-electron chi connectivity index (χ2n) is 7.25. The fourth-order valence-electron chi connectivity index (χ4n) is 3.54. The molecule has 1 fully saturated rings. The van der Waals surface area contributed by atoms with Gasteiger partial charge in [-0.1, -0.05) is 11.6 Å². The maximum absolute atomic E-state index is 13.4. The van der Waals surface area contributed by atoms with Gasteiger partial charge in [0, 0.05) is 37.1 Å². The Morgan fingerprint density at radius 2 is 1.69 bits per heavy atom. The molecular formula is C20H16ClF4N3O3S. The number of amides is 1. The predicted octanol–water partition coefficient (Wildman–Crippen LogP) is 4.13. The van der Waals surface area contributed by atoms with Crippen LogP contribution in [0.15, 0.2) is 47.4 Å². The maximum atomic E-state index is 13.4. The third-order valence-corrected chi connectivity index (χ3v) is 7.60. The Balaban J connectivity index is 1.51. The summed E-state index contributed by atoms with van der Waals surface area (Å²) in [5, 5.41) is 0.204. The van der Waals surface area contributed by atoms with E-state index in [0.29, 0.717) is 23.0 Å². The second-order valence-corrected chi connectivity index (χ2v) is 9.57. The summed E-state index contributed by atoms with van der Waals surface area (Å²) in [5.74, 6) is -0.835. The summed E-state index contributed by atoms with van der Waals surface area (Å²) in [6.07, 6.45) is -4.72. The van der Waals surface area contributed by atoms with Crippen molar-refractivity contribution in [1.82, 2.24) is 14.2 Å². The number of halogens is 5. The quantitative estimate of drug-likeness (QED) is 0.562. The summed E-state index contributed by atoms with van der Waals surface area (Å²) in [6.45, 7) is -0.179. The van der Waals surface area contributed by atoms with Gasteiger partial charge in [0.25, 0.3) is 5.91 Å². The van der Waals surface area contributed by atoms with Gasteiger partial charge >= 0.3 is 6.18 Å². The molecule has 2 aromatic carbocycles. The van der Waals surface area contributed by atoms with Gasteiger partial charge in [-0.25, -0.2) is 12.8 Å². The van der Waals surface area contributed by atoms with Gasteiger partial charge in [0.05, 0.1) is 10.6 Å². The molecule has 1 saturated heterocycles. The van der Waals surface area contributed by atoms with Crippen LogP contribution in [0.3, 0.4) is 0 Å². The van der Waals surface area contributed by atoms with E-state index in [1.165, 1.54) is 29.2 Å². The average Bonchev–Trinajstić information content (AvgIpc) is 3.15. The van der Waals surface area contributed by atoms with Gasteiger partial charge in [0.1, 0.15) is 16.4 Å². The van der Waals surface area contributed by atoms with E-state index in [4.69, 9.17) is 11.6 Å². The number of H-pyrrole nitrogens is 1. The van der Waals surface area contributed by atoms with E-state index in [1.54, 1.807) is 0 Å². The smallest absolute Gasteiger partial charge is 0.351 e. The number of benzene rings is 2. The first-order chi connectivity index (χ1) is 15.0. The number of rotatable bonds is 3. The molecule has 1 N–H and O–H groups in total. The van der Waals surface area contributed by atoms with Crippen LogP contribution in [0.2, 0.25) is 5.02 Å². The molecule has 12 heteroatoms. The van der Waals surface area contributed by atoms with Crippen LogP contribution in [0.4, 0.5) is 17.6 Å². The lowest BCUT2D eigenvalue weighted by atomic mass is 10.2. The van der Waals surface area contributed by atoms with Gasteiger partial charge in [0.2, 0.25) is 10.0 Å². The van der Waals surface area contributed by atoms with E-state index >= 15 is 0 Å². The van der Waals surface area contributed by atoms with Gasteiger partial charge in [-0.2, -0.15) is 17.5 Å². The zero-order valence-corrected chi connectivity index (χ0v) is 17.9. The normalized spacial score (nSPS) is 16.0. The molecular weight excluding hydrogens is 474 g/mol. The third-order valence-electron chi connectivity index (χ3n) is 5.22. The number of nitrogens with one attached hydrogen (secondary N) is 1. The topological polar surface area (TPSA) is 73.5 Å². The van der Waals surface area contributed by atoms with Crippen molar-refractivity contribution in [2.75, 3.05) is 26.2 Å². The van der Waals surface area contributed by atoms with Crippen molar-refractivity contribution < 1.29 is 30.8 Å². The SMILES string of the molecule is O=C(c1cc2cc(F)ccc2[nH]1)N1CCN(S(=O)(=O)c2cc(C(F)(F)F)ccc2Cl)CC1. The number of hydrogen-bond acceptors (Lipinski definition) is 3. The predicted molar refractivity (Wildman–Crippen MR) is 109 cm³/mol. The zero-order chi connectivity index (χ0) is 23.3. The van der Waals surface area contributed by atoms with Crippen LogP contribution in [0.25, 0.3) is 10.9 Å². The molecule has 6 nitrogen and oxygen atoms in total. The molecule has 0 unspecified atom stereocenters. The first-order valence-corrected chi connectivity index (χ1v) is 11.2. The molecule has 170 valence electrons. The highest BCUT2D eigenvalue weighted by Crippen LogP contribution is 2.34. The first-order valence-electron chi connectivity index (χ1n) is 9.41. The van der Waals surface area contributed by atoms with E-state index in [1.807, 2.05) is 0 Å². The van der Waals surface area contributed by atoms with Crippen LogP contribution in [-0.4, -0.2) is 54.7 Å². The highest BCUT2D eigenvalue weighted by molar-refractivity contribution is 7.89. The van der Waals surface area contributed by atoms with Crippen molar-refractivity contribution in [2.24, 2.45) is 0 Å². The molecule has 0 atom stereocenters. The largest absolute Gasteiger partial charge is 0.416 e. The van der Waals surface area contributed by atoms with Crippen LogP contribution in [0.5, 0.6) is 0 Å². The molecule has 0 radical (unpaired) electrons. The lowest BCUT2D eigenvalue weighted by Crippen LogP contribution is -2.50. The Labute approximate surface area is 185 Å². The molecule has 0 spiro atoms. The molecule has 2 heterocycles. The number of piperazine rings is 1. The number of carbonyl (C=O) groups excluding carboxylic acids is 1. The molecule has 32 heavy (non-hydrogen) atoms. The first kappa shape index (κ1) is 22.6. The summed E-state index contributed by atoms with van der Waals surface area (Å²) in [7, 11) is -4.30. The van der Waals surface area contributed by atoms with Crippen molar-refractivity contribution in [3.05, 3.63) is 64.6 Å². The van der Waals surface area contributed by atoms with Gasteiger partial charge in [-0.3, -0.25) is 4.79 Å². The molecule has 0 saturated carbocycles. The van der Waals surface area contributed by atoms with E-state index in [-0.39, 0.29) is 36.9 Å². The molecule has 4 rings (SSSR count). The van der Waals surface area contributed by atoms with Crippen LogP contribution in [0.1, 0.15) is 16.1 Å². The summed E-state index contributed by atoms with van der Waals surface area (Å²) < 4.78 is 79.2. The van der Waals surface area contributed by atoms with Crippen molar-refractivity contribution in [1.29, 1.82) is 0 Å². The van der Waals surface area contributed by atoms with Gasteiger partial charge in [-0.15, -0.1) is 0 Å². The minimum atomic E-state index is -4.72. The monoisotopic (exact) mass is 489 g/mol. The van der Waals surface area contributed by atoms with E-state index in [0.717, 1.165) is 10.4 Å². The Morgan fingerprint density at radius 1 is 1.00 bits per heavy atom. The number of hydrogen-bond donors (Lipinski definition) is 1. The van der Waals surface area contributed by atoms with Crippen molar-refractivity contribution in [2.45, 2.75) is 11.1 Å². The number of nitrogens with zero attached hydrogens (tertiary/aromatic N) is 2. The maximum Gasteiger partial charge on any atom is 0.416 e. The molecule has 1 aliphatic rings. The Morgan fingerprint density at radius 3 is 2.34 bits per heavy atom. The zero-order valence-electron chi connectivity index (χ0n) is 16.3. The van der Waals surface area contributed by atoms with Crippen molar-refractivity contribution in [3.63, 3.8) is 0 Å². The number of sulfonamides is 1. The Bertz CT molecular complexity index is 1300. The molecule has 0 bridgehead atoms. The Hall–Kier alpha value is -2.63. The van der Waals surface area contributed by atoms with Crippen LogP contribution < -0.4 is 0 Å². The van der Waals surface area contributed by atoms with E-state index in [2.05, 4.69) is 4.98 Å². The number of alkyl halides is 3.